The molecule has 1 aromatic rings. The first-order valence-electron chi connectivity index (χ1n) is 5.24. The van der Waals surface area contributed by atoms with Gasteiger partial charge in [-0.25, -0.2) is 0 Å². The van der Waals surface area contributed by atoms with Crippen LogP contribution in [0.2, 0.25) is 0 Å². The average Bonchev–Trinajstić information content (AvgIpc) is 2.65. The molecule has 0 spiro atoms. The summed E-state index contributed by atoms with van der Waals surface area (Å²) in [5, 5.41) is 3.13. The fourth-order valence-corrected chi connectivity index (χ4v) is 2.20. The number of hydrogen-bond acceptors (Lipinski definition) is 2. The summed E-state index contributed by atoms with van der Waals surface area (Å²) in [5.41, 5.74) is 0. The van der Waals surface area contributed by atoms with Gasteiger partial charge in [-0.2, -0.15) is 0 Å². The summed E-state index contributed by atoms with van der Waals surface area (Å²) in [6.45, 7) is 3.28. The van der Waals surface area contributed by atoms with Crippen LogP contribution in [0.4, 0.5) is 0 Å². The second kappa shape index (κ2) is 6.80. The third-order valence-corrected chi connectivity index (χ3v) is 3.36. The van der Waals surface area contributed by atoms with Crippen LogP contribution in [0.5, 0.6) is 0 Å². The fraction of sp³-hybridized carbons (Fsp3) is 0.500. The summed E-state index contributed by atoms with van der Waals surface area (Å²) in [4.78, 5) is 2.96. The lowest BCUT2D eigenvalue weighted by Gasteiger charge is -1.91. The van der Waals surface area contributed by atoms with Gasteiger partial charge >= 0.3 is 0 Å². The zero-order valence-electron chi connectivity index (χ0n) is 9.05. The molecule has 0 aliphatic carbocycles. The molecular formula is C12H19NS. The summed E-state index contributed by atoms with van der Waals surface area (Å²) in [6, 6.07) is 4.48. The van der Waals surface area contributed by atoms with Crippen LogP contribution in [-0.4, -0.2) is 13.6 Å². The lowest BCUT2D eigenvalue weighted by atomic mass is 10.3. The summed E-state index contributed by atoms with van der Waals surface area (Å²) < 4.78 is 0. The van der Waals surface area contributed by atoms with Gasteiger partial charge in [0, 0.05) is 9.75 Å². The van der Waals surface area contributed by atoms with Gasteiger partial charge in [0.2, 0.25) is 0 Å². The van der Waals surface area contributed by atoms with Crippen molar-refractivity contribution in [1.29, 1.82) is 0 Å². The van der Waals surface area contributed by atoms with Gasteiger partial charge in [-0.3, -0.25) is 0 Å². The molecule has 0 bridgehead atoms. The van der Waals surface area contributed by atoms with E-state index in [1.165, 1.54) is 9.75 Å². The highest BCUT2D eigenvalue weighted by Gasteiger charge is 1.95. The Morgan fingerprint density at radius 2 is 2.07 bits per heavy atom. The van der Waals surface area contributed by atoms with Crippen LogP contribution in [0.3, 0.4) is 0 Å². The molecule has 1 rings (SSSR count). The van der Waals surface area contributed by atoms with Gasteiger partial charge in [0.15, 0.2) is 0 Å². The largest absolute Gasteiger partial charge is 0.319 e. The smallest absolute Gasteiger partial charge is 0.00858 e. The van der Waals surface area contributed by atoms with Gasteiger partial charge in [-0.1, -0.05) is 19.1 Å². The molecule has 0 aromatic carbocycles. The van der Waals surface area contributed by atoms with Crippen molar-refractivity contribution in [2.45, 2.75) is 26.2 Å². The van der Waals surface area contributed by atoms with Crippen molar-refractivity contribution in [3.8, 4) is 0 Å². The second-order valence-electron chi connectivity index (χ2n) is 3.29. The standard InChI is InChI=1S/C12H19NS/c1-3-11-8-9-12(14-11)7-5-4-6-10-13-2/h4-5,8-9,13H,3,6-7,10H2,1-2H3. The zero-order valence-corrected chi connectivity index (χ0v) is 9.86. The average molecular weight is 209 g/mol. The first kappa shape index (κ1) is 11.5. The molecule has 1 nitrogen and oxygen atoms in total. The number of aryl methyl sites for hydroxylation is 1. The van der Waals surface area contributed by atoms with Crippen molar-refractivity contribution in [3.63, 3.8) is 0 Å². The minimum Gasteiger partial charge on any atom is -0.319 e. The molecule has 0 unspecified atom stereocenters. The Labute approximate surface area is 90.9 Å². The summed E-state index contributed by atoms with van der Waals surface area (Å²) in [7, 11) is 1.99. The first-order chi connectivity index (χ1) is 6.86. The molecule has 1 aromatic heterocycles. The quantitative estimate of drug-likeness (QED) is 0.561. The third-order valence-electron chi connectivity index (χ3n) is 2.11. The minimum absolute atomic E-state index is 1.07. The number of allylic oxidation sites excluding steroid dienone is 1. The maximum absolute atomic E-state index is 3.13. The zero-order chi connectivity index (χ0) is 10.2. The van der Waals surface area contributed by atoms with Gasteiger partial charge < -0.3 is 5.32 Å². The molecule has 1 N–H and O–H groups in total. The van der Waals surface area contributed by atoms with E-state index < -0.39 is 0 Å². The Bertz CT molecular complexity index is 276. The monoisotopic (exact) mass is 209 g/mol. The molecule has 2 heteroatoms. The predicted molar refractivity (Wildman–Crippen MR) is 65.1 cm³/mol. The van der Waals surface area contributed by atoms with Crippen LogP contribution in [0.15, 0.2) is 24.3 Å². The van der Waals surface area contributed by atoms with Crippen molar-refractivity contribution in [1.82, 2.24) is 5.32 Å². The van der Waals surface area contributed by atoms with Gasteiger partial charge in [-0.05, 0) is 45.0 Å². The topological polar surface area (TPSA) is 12.0 Å². The van der Waals surface area contributed by atoms with Crippen LogP contribution in [0.25, 0.3) is 0 Å². The van der Waals surface area contributed by atoms with E-state index in [0.717, 1.165) is 25.8 Å². The molecule has 0 amide bonds. The van der Waals surface area contributed by atoms with Crippen LogP contribution < -0.4 is 5.32 Å². The summed E-state index contributed by atoms with van der Waals surface area (Å²) in [6.07, 6.45) is 7.90. The molecule has 1 heterocycles. The number of hydrogen-bond donors (Lipinski definition) is 1. The molecule has 0 radical (unpaired) electrons. The molecular weight excluding hydrogens is 190 g/mol. The van der Waals surface area contributed by atoms with E-state index in [9.17, 15) is 0 Å². The van der Waals surface area contributed by atoms with E-state index in [4.69, 9.17) is 0 Å². The van der Waals surface area contributed by atoms with Gasteiger partial charge in [-0.15, -0.1) is 11.3 Å². The van der Waals surface area contributed by atoms with E-state index in [0.29, 0.717) is 0 Å². The van der Waals surface area contributed by atoms with E-state index in [-0.39, 0.29) is 0 Å². The van der Waals surface area contributed by atoms with Crippen molar-refractivity contribution in [2.75, 3.05) is 13.6 Å². The number of thiophene rings is 1. The van der Waals surface area contributed by atoms with Gasteiger partial charge in [0.05, 0.1) is 0 Å². The van der Waals surface area contributed by atoms with Crippen molar-refractivity contribution >= 4 is 11.3 Å². The van der Waals surface area contributed by atoms with Crippen LogP contribution in [0.1, 0.15) is 23.1 Å². The maximum atomic E-state index is 3.13. The maximum Gasteiger partial charge on any atom is 0.00858 e. The number of rotatable bonds is 6. The van der Waals surface area contributed by atoms with Gasteiger partial charge in [0.25, 0.3) is 0 Å². The Kier molecular flexibility index (Phi) is 5.57. The SMILES string of the molecule is CCc1ccc(CC=CCCNC)s1. The Morgan fingerprint density at radius 1 is 1.29 bits per heavy atom. The van der Waals surface area contributed by atoms with Crippen LogP contribution in [0, 0.1) is 0 Å². The molecule has 0 saturated heterocycles. The second-order valence-corrected chi connectivity index (χ2v) is 4.54. The van der Waals surface area contributed by atoms with Crippen molar-refractivity contribution < 1.29 is 0 Å². The first-order valence-corrected chi connectivity index (χ1v) is 6.05. The third kappa shape index (κ3) is 4.07. The molecule has 78 valence electrons. The van der Waals surface area contributed by atoms with E-state index in [1.807, 2.05) is 18.4 Å². The molecule has 14 heavy (non-hydrogen) atoms. The summed E-state index contributed by atoms with van der Waals surface area (Å²) in [5.74, 6) is 0. The highest BCUT2D eigenvalue weighted by Crippen LogP contribution is 2.17. The fourth-order valence-electron chi connectivity index (χ4n) is 1.27. The highest BCUT2D eigenvalue weighted by atomic mass is 32.1. The molecule has 0 saturated carbocycles. The normalized spacial score (nSPS) is 11.3. The molecule has 0 atom stereocenters. The lowest BCUT2D eigenvalue weighted by Crippen LogP contribution is -2.05. The Morgan fingerprint density at radius 3 is 2.71 bits per heavy atom. The summed E-state index contributed by atoms with van der Waals surface area (Å²) >= 11 is 1.93. The molecule has 0 aliphatic heterocycles. The highest BCUT2D eigenvalue weighted by molar-refractivity contribution is 7.12. The van der Waals surface area contributed by atoms with Crippen LogP contribution in [-0.2, 0) is 12.8 Å². The van der Waals surface area contributed by atoms with Crippen molar-refractivity contribution in [2.24, 2.45) is 0 Å². The van der Waals surface area contributed by atoms with E-state index in [1.54, 1.807) is 0 Å². The minimum atomic E-state index is 1.07. The molecule has 0 aliphatic rings. The van der Waals surface area contributed by atoms with Gasteiger partial charge in [0.1, 0.15) is 0 Å². The van der Waals surface area contributed by atoms with Crippen molar-refractivity contribution in [3.05, 3.63) is 34.0 Å². The number of nitrogens with one attached hydrogen (secondary N) is 1. The van der Waals surface area contributed by atoms with E-state index >= 15 is 0 Å². The molecule has 0 fully saturated rings. The lowest BCUT2D eigenvalue weighted by molar-refractivity contribution is 0.806. The predicted octanol–water partition coefficient (Wildman–Crippen LogP) is 3.02. The Hall–Kier alpha value is -0.600. The Balaban J connectivity index is 2.27. The van der Waals surface area contributed by atoms with E-state index in [2.05, 4.69) is 36.5 Å². The van der Waals surface area contributed by atoms with Crippen LogP contribution >= 0.6 is 11.3 Å².